The fraction of sp³-hybridized carbons (Fsp3) is 0.500. The molecular weight excluding hydrogens is 330 g/mol. The molecule has 2 amide bonds. The molecule has 1 saturated heterocycles. The van der Waals surface area contributed by atoms with Crippen molar-refractivity contribution in [2.75, 3.05) is 44.1 Å². The number of carbonyl (C=O) groups is 2. The molecule has 0 bridgehead atoms. The van der Waals surface area contributed by atoms with E-state index in [1.54, 1.807) is 18.2 Å². The number of anilines is 1. The van der Waals surface area contributed by atoms with Crippen LogP contribution in [0.1, 0.15) is 6.42 Å². The molecule has 1 aliphatic heterocycles. The van der Waals surface area contributed by atoms with Crippen molar-refractivity contribution in [3.8, 4) is 11.5 Å². The number of hydrogen-bond acceptors (Lipinski definition) is 6. The average Bonchev–Trinajstić information content (AvgIpc) is 2.60. The first-order chi connectivity index (χ1) is 11.6. The molecular formula is C16H23N3O4S. The summed E-state index contributed by atoms with van der Waals surface area (Å²) in [7, 11) is 3.08. The Bertz CT molecular complexity index is 554. The van der Waals surface area contributed by atoms with Gasteiger partial charge >= 0.3 is 0 Å². The van der Waals surface area contributed by atoms with E-state index in [0.29, 0.717) is 23.6 Å². The normalized spacial score (nSPS) is 17.0. The van der Waals surface area contributed by atoms with Crippen LogP contribution in [0.3, 0.4) is 0 Å². The van der Waals surface area contributed by atoms with Gasteiger partial charge in [0.05, 0.1) is 20.8 Å². The van der Waals surface area contributed by atoms with Crippen LogP contribution >= 0.6 is 11.8 Å². The first-order valence-electron chi connectivity index (χ1n) is 7.71. The van der Waals surface area contributed by atoms with E-state index in [1.807, 2.05) is 11.8 Å². The number of thioether (sulfide) groups is 1. The van der Waals surface area contributed by atoms with E-state index in [-0.39, 0.29) is 24.4 Å². The van der Waals surface area contributed by atoms with E-state index in [0.717, 1.165) is 18.1 Å². The third kappa shape index (κ3) is 5.93. The Morgan fingerprint density at radius 3 is 2.50 bits per heavy atom. The van der Waals surface area contributed by atoms with Crippen LogP contribution < -0.4 is 25.4 Å². The number of methoxy groups -OCH3 is 2. The Labute approximate surface area is 145 Å². The SMILES string of the molecule is COc1cc(NC(=O)CNC(=O)CC2CSCCN2)cc(OC)c1. The molecule has 132 valence electrons. The molecule has 1 atom stereocenters. The van der Waals surface area contributed by atoms with E-state index >= 15 is 0 Å². The molecule has 0 radical (unpaired) electrons. The lowest BCUT2D eigenvalue weighted by atomic mass is 10.2. The standard InChI is InChI=1S/C16H23N3O4S/c1-22-13-5-11(6-14(8-13)23-2)19-16(21)9-18-15(20)7-12-10-24-4-3-17-12/h5-6,8,12,17H,3-4,7,9-10H2,1-2H3,(H,18,20)(H,19,21). The lowest BCUT2D eigenvalue weighted by Crippen LogP contribution is -2.42. The van der Waals surface area contributed by atoms with Gasteiger partial charge in [-0.1, -0.05) is 0 Å². The molecule has 1 aliphatic rings. The number of ether oxygens (including phenoxy) is 2. The third-order valence-electron chi connectivity index (χ3n) is 3.51. The van der Waals surface area contributed by atoms with Gasteiger partial charge in [0, 0.05) is 54.4 Å². The van der Waals surface area contributed by atoms with Gasteiger partial charge in [0.25, 0.3) is 0 Å². The minimum absolute atomic E-state index is 0.0712. The molecule has 2 rings (SSSR count). The summed E-state index contributed by atoms with van der Waals surface area (Å²) >= 11 is 1.83. The smallest absolute Gasteiger partial charge is 0.243 e. The van der Waals surface area contributed by atoms with Crippen molar-refractivity contribution in [2.45, 2.75) is 12.5 Å². The first-order valence-corrected chi connectivity index (χ1v) is 8.87. The van der Waals surface area contributed by atoms with Crippen LogP contribution in [0.5, 0.6) is 11.5 Å². The summed E-state index contributed by atoms with van der Waals surface area (Å²) in [6.45, 7) is 0.846. The van der Waals surface area contributed by atoms with Crippen LogP contribution in [0.25, 0.3) is 0 Å². The summed E-state index contributed by atoms with van der Waals surface area (Å²) in [4.78, 5) is 23.9. The molecule has 0 aliphatic carbocycles. The van der Waals surface area contributed by atoms with Crippen molar-refractivity contribution in [3.05, 3.63) is 18.2 Å². The van der Waals surface area contributed by atoms with E-state index < -0.39 is 0 Å². The van der Waals surface area contributed by atoms with Crippen LogP contribution in [0.2, 0.25) is 0 Å². The number of hydrogen-bond donors (Lipinski definition) is 3. The molecule has 0 aromatic heterocycles. The Morgan fingerprint density at radius 1 is 1.21 bits per heavy atom. The summed E-state index contributed by atoms with van der Waals surface area (Å²) in [6, 6.07) is 5.26. The van der Waals surface area contributed by atoms with Crippen LogP contribution in [0.4, 0.5) is 5.69 Å². The van der Waals surface area contributed by atoms with Crippen molar-refractivity contribution in [1.82, 2.24) is 10.6 Å². The maximum absolute atomic E-state index is 12.0. The lowest BCUT2D eigenvalue weighted by molar-refractivity contribution is -0.124. The molecule has 1 heterocycles. The Kier molecular flexibility index (Phi) is 7.20. The van der Waals surface area contributed by atoms with Crippen molar-refractivity contribution < 1.29 is 19.1 Å². The lowest BCUT2D eigenvalue weighted by Gasteiger charge is -2.22. The number of carbonyl (C=O) groups excluding carboxylic acids is 2. The zero-order valence-electron chi connectivity index (χ0n) is 13.9. The van der Waals surface area contributed by atoms with Gasteiger partial charge in [-0.15, -0.1) is 0 Å². The van der Waals surface area contributed by atoms with Gasteiger partial charge in [0.1, 0.15) is 11.5 Å². The van der Waals surface area contributed by atoms with Gasteiger partial charge in [-0.2, -0.15) is 11.8 Å². The summed E-state index contributed by atoms with van der Waals surface area (Å²) in [5, 5.41) is 8.65. The molecule has 1 aromatic carbocycles. The first kappa shape index (κ1) is 18.4. The fourth-order valence-electron chi connectivity index (χ4n) is 2.31. The summed E-state index contributed by atoms with van der Waals surface area (Å²) < 4.78 is 10.3. The highest BCUT2D eigenvalue weighted by Crippen LogP contribution is 2.25. The molecule has 1 fully saturated rings. The van der Waals surface area contributed by atoms with E-state index in [4.69, 9.17) is 9.47 Å². The van der Waals surface area contributed by atoms with E-state index in [9.17, 15) is 9.59 Å². The van der Waals surface area contributed by atoms with Crippen LogP contribution in [0.15, 0.2) is 18.2 Å². The van der Waals surface area contributed by atoms with Crippen molar-refractivity contribution in [2.24, 2.45) is 0 Å². The number of rotatable bonds is 7. The second-order valence-electron chi connectivity index (χ2n) is 5.36. The molecule has 3 N–H and O–H groups in total. The highest BCUT2D eigenvalue weighted by molar-refractivity contribution is 7.99. The second-order valence-corrected chi connectivity index (χ2v) is 6.51. The van der Waals surface area contributed by atoms with Gasteiger partial charge in [-0.05, 0) is 0 Å². The van der Waals surface area contributed by atoms with Gasteiger partial charge in [-0.3, -0.25) is 9.59 Å². The summed E-state index contributed by atoms with van der Waals surface area (Å²) in [5.74, 6) is 2.72. The van der Waals surface area contributed by atoms with Crippen LogP contribution in [-0.4, -0.2) is 56.7 Å². The molecule has 7 nitrogen and oxygen atoms in total. The minimum atomic E-state index is -0.301. The molecule has 8 heteroatoms. The molecule has 24 heavy (non-hydrogen) atoms. The van der Waals surface area contributed by atoms with Crippen LogP contribution in [-0.2, 0) is 9.59 Å². The zero-order valence-corrected chi connectivity index (χ0v) is 14.7. The molecule has 1 unspecified atom stereocenters. The number of nitrogens with one attached hydrogen (secondary N) is 3. The maximum Gasteiger partial charge on any atom is 0.243 e. The molecule has 0 spiro atoms. The average molecular weight is 353 g/mol. The minimum Gasteiger partial charge on any atom is -0.497 e. The molecule has 1 aromatic rings. The summed E-state index contributed by atoms with van der Waals surface area (Å²) in [5.41, 5.74) is 0.552. The third-order valence-corrected chi connectivity index (χ3v) is 4.64. The Hall–Kier alpha value is -1.93. The van der Waals surface area contributed by atoms with Crippen LogP contribution in [0, 0.1) is 0 Å². The van der Waals surface area contributed by atoms with Gasteiger partial charge in [0.2, 0.25) is 11.8 Å². The highest BCUT2D eigenvalue weighted by Gasteiger charge is 2.17. The highest BCUT2D eigenvalue weighted by atomic mass is 32.2. The van der Waals surface area contributed by atoms with Crippen molar-refractivity contribution in [1.29, 1.82) is 0 Å². The van der Waals surface area contributed by atoms with Gasteiger partial charge in [-0.25, -0.2) is 0 Å². The maximum atomic E-state index is 12.0. The number of amides is 2. The van der Waals surface area contributed by atoms with E-state index in [2.05, 4.69) is 16.0 Å². The van der Waals surface area contributed by atoms with Gasteiger partial charge < -0.3 is 25.4 Å². The monoisotopic (exact) mass is 353 g/mol. The zero-order chi connectivity index (χ0) is 17.4. The number of benzene rings is 1. The topological polar surface area (TPSA) is 88.7 Å². The Balaban J connectivity index is 1.79. The van der Waals surface area contributed by atoms with Gasteiger partial charge in [0.15, 0.2) is 0 Å². The predicted molar refractivity (Wildman–Crippen MR) is 94.9 cm³/mol. The Morgan fingerprint density at radius 2 is 1.92 bits per heavy atom. The quantitative estimate of drug-likeness (QED) is 0.674. The van der Waals surface area contributed by atoms with Crippen molar-refractivity contribution >= 4 is 29.3 Å². The fourth-order valence-corrected chi connectivity index (χ4v) is 3.26. The molecule has 0 saturated carbocycles. The van der Waals surface area contributed by atoms with E-state index in [1.165, 1.54) is 14.2 Å². The largest absolute Gasteiger partial charge is 0.497 e. The second kappa shape index (κ2) is 9.39. The van der Waals surface area contributed by atoms with Crippen molar-refractivity contribution in [3.63, 3.8) is 0 Å². The predicted octanol–water partition coefficient (Wildman–Crippen LogP) is 0.854. The summed E-state index contributed by atoms with van der Waals surface area (Å²) in [6.07, 6.45) is 0.382.